The van der Waals surface area contributed by atoms with Crippen molar-refractivity contribution >= 4 is 44.9 Å². The monoisotopic (exact) mass is 350 g/mol. The molecule has 0 bridgehead atoms. The third-order valence-corrected chi connectivity index (χ3v) is 4.39. The maximum absolute atomic E-state index is 12.2. The average Bonchev–Trinajstić information content (AvgIpc) is 2.77. The largest absolute Gasteiger partial charge is 0.477 e. The number of nitrogens with one attached hydrogen (secondary N) is 1. The number of nitrogens with zero attached hydrogens (tertiary/aromatic N) is 3. The van der Waals surface area contributed by atoms with Crippen LogP contribution in [-0.4, -0.2) is 34.0 Å². The fourth-order valence-electron chi connectivity index (χ4n) is 1.52. The summed E-state index contributed by atoms with van der Waals surface area (Å²) in [7, 11) is -2.67. The molecule has 8 nitrogen and oxygen atoms in total. The predicted octanol–water partition coefficient (Wildman–Crippen LogP) is 1.62. The first-order valence-corrected chi connectivity index (χ1v) is 7.55. The van der Waals surface area contributed by atoms with E-state index in [1.165, 1.54) is 11.6 Å². The van der Waals surface area contributed by atoms with Gasteiger partial charge in [0.25, 0.3) is 10.0 Å². The van der Waals surface area contributed by atoms with Crippen LogP contribution in [-0.2, 0) is 17.1 Å². The smallest absolute Gasteiger partial charge is 0.352 e. The number of rotatable bonds is 4. The van der Waals surface area contributed by atoms with Gasteiger partial charge in [0.2, 0.25) is 0 Å². The first-order valence-electron chi connectivity index (χ1n) is 5.31. The second-order valence-electron chi connectivity index (χ2n) is 3.91. The van der Waals surface area contributed by atoms with E-state index in [9.17, 15) is 13.2 Å². The number of carboxylic acid groups (broad SMARTS) is 1. The van der Waals surface area contributed by atoms with Crippen LogP contribution in [0.2, 0.25) is 10.3 Å². The molecule has 0 unspecified atom stereocenters. The molecule has 0 aliphatic carbocycles. The van der Waals surface area contributed by atoms with Gasteiger partial charge in [-0.1, -0.05) is 23.2 Å². The Hall–Kier alpha value is -1.84. The lowest BCUT2D eigenvalue weighted by molar-refractivity contribution is 0.0686. The summed E-state index contributed by atoms with van der Waals surface area (Å²) in [5.74, 6) is -1.25. The Labute approximate surface area is 129 Å². The Morgan fingerprint density at radius 3 is 2.38 bits per heavy atom. The zero-order valence-corrected chi connectivity index (χ0v) is 12.7. The molecule has 2 aromatic rings. The Morgan fingerprint density at radius 2 is 1.90 bits per heavy atom. The number of hydrogen-bond acceptors (Lipinski definition) is 5. The van der Waals surface area contributed by atoms with Crippen molar-refractivity contribution in [1.82, 2.24) is 14.5 Å². The van der Waals surface area contributed by atoms with Gasteiger partial charge in [-0.2, -0.15) is 0 Å². The van der Waals surface area contributed by atoms with Gasteiger partial charge in [-0.3, -0.25) is 4.72 Å². The normalized spacial score (nSPS) is 11.4. The van der Waals surface area contributed by atoms with Crippen molar-refractivity contribution in [3.63, 3.8) is 0 Å². The zero-order chi connectivity index (χ0) is 15.8. The lowest BCUT2D eigenvalue weighted by Gasteiger charge is -2.08. The van der Waals surface area contributed by atoms with Crippen molar-refractivity contribution in [2.45, 2.75) is 4.90 Å². The maximum atomic E-state index is 12.2. The molecule has 2 aromatic heterocycles. The third kappa shape index (κ3) is 3.09. The molecule has 0 radical (unpaired) electrons. The number of aryl methyl sites for hydroxylation is 1. The zero-order valence-electron chi connectivity index (χ0n) is 10.4. The second-order valence-corrected chi connectivity index (χ2v) is 6.31. The summed E-state index contributed by atoms with van der Waals surface area (Å²) in [5.41, 5.74) is -0.363. The van der Waals surface area contributed by atoms with Crippen LogP contribution in [0, 0.1) is 0 Å². The lowest BCUT2D eigenvalue weighted by Crippen LogP contribution is -2.13. The van der Waals surface area contributed by atoms with Gasteiger partial charge in [-0.25, -0.2) is 23.2 Å². The molecule has 0 saturated heterocycles. The number of sulfonamides is 1. The van der Waals surface area contributed by atoms with E-state index in [1.807, 2.05) is 0 Å². The highest BCUT2D eigenvalue weighted by molar-refractivity contribution is 7.92. The number of carboxylic acids is 1. The van der Waals surface area contributed by atoms with Crippen molar-refractivity contribution in [1.29, 1.82) is 0 Å². The molecule has 112 valence electrons. The van der Waals surface area contributed by atoms with Crippen LogP contribution in [0.5, 0.6) is 0 Å². The highest BCUT2D eigenvalue weighted by Crippen LogP contribution is 2.28. The second kappa shape index (κ2) is 5.51. The average molecular weight is 351 g/mol. The quantitative estimate of drug-likeness (QED) is 0.809. The Bertz CT molecular complexity index is 798. The molecular formula is C10H8Cl2N4O4S. The first kappa shape index (κ1) is 15.5. The molecule has 0 aliphatic heterocycles. The minimum atomic E-state index is -4.08. The van der Waals surface area contributed by atoms with E-state index in [2.05, 4.69) is 14.7 Å². The van der Waals surface area contributed by atoms with Gasteiger partial charge in [0, 0.05) is 13.2 Å². The van der Waals surface area contributed by atoms with Crippen LogP contribution in [0.25, 0.3) is 0 Å². The van der Waals surface area contributed by atoms with Gasteiger partial charge in [0.05, 0.1) is 0 Å². The minimum absolute atomic E-state index is 0.173. The Morgan fingerprint density at radius 1 is 1.33 bits per heavy atom. The summed E-state index contributed by atoms with van der Waals surface area (Å²) in [4.78, 5) is 17.9. The fraction of sp³-hybridized carbons (Fsp3) is 0.100. The van der Waals surface area contributed by atoms with Crippen molar-refractivity contribution in [3.8, 4) is 0 Å². The molecule has 0 spiro atoms. The maximum Gasteiger partial charge on any atom is 0.352 e. The first-order chi connectivity index (χ1) is 9.72. The Kier molecular flexibility index (Phi) is 4.08. The van der Waals surface area contributed by atoms with Crippen molar-refractivity contribution in [2.24, 2.45) is 7.05 Å². The van der Waals surface area contributed by atoms with E-state index < -0.39 is 16.0 Å². The molecular weight excluding hydrogens is 343 g/mol. The summed E-state index contributed by atoms with van der Waals surface area (Å²) in [6.07, 6.45) is 2.23. The van der Waals surface area contributed by atoms with E-state index in [0.29, 0.717) is 0 Å². The number of hydrogen-bond donors (Lipinski definition) is 2. The van der Waals surface area contributed by atoms with Crippen LogP contribution < -0.4 is 4.72 Å². The van der Waals surface area contributed by atoms with Crippen LogP contribution in [0.3, 0.4) is 0 Å². The molecule has 21 heavy (non-hydrogen) atoms. The molecule has 0 aromatic carbocycles. The van der Waals surface area contributed by atoms with Crippen molar-refractivity contribution < 1.29 is 18.3 Å². The van der Waals surface area contributed by atoms with Gasteiger partial charge in [0.1, 0.15) is 22.6 Å². The molecule has 2 N–H and O–H groups in total. The molecule has 0 aliphatic rings. The van der Waals surface area contributed by atoms with Crippen LogP contribution >= 0.6 is 23.2 Å². The lowest BCUT2D eigenvalue weighted by atomic mass is 10.4. The highest BCUT2D eigenvalue weighted by Gasteiger charge is 2.23. The van der Waals surface area contributed by atoms with Gasteiger partial charge in [-0.15, -0.1) is 0 Å². The van der Waals surface area contributed by atoms with Crippen LogP contribution in [0.4, 0.5) is 5.69 Å². The summed E-state index contributed by atoms with van der Waals surface area (Å²) >= 11 is 11.5. The SMILES string of the molecule is Cn1cc(S(=O)(=O)Nc2c(Cl)ncnc2Cl)cc1C(=O)O. The highest BCUT2D eigenvalue weighted by atomic mass is 35.5. The number of anilines is 1. The Balaban J connectivity index is 2.44. The molecule has 0 saturated carbocycles. The van der Waals surface area contributed by atoms with E-state index in [1.54, 1.807) is 0 Å². The topological polar surface area (TPSA) is 114 Å². The standard InChI is InChI=1S/C10H8Cl2N4O4S/c1-16-3-5(2-6(16)10(17)18)21(19,20)15-7-8(11)13-4-14-9(7)12/h2-4,15H,1H3,(H,17,18). The summed E-state index contributed by atoms with van der Waals surface area (Å²) < 4.78 is 27.7. The predicted molar refractivity (Wildman–Crippen MR) is 75.2 cm³/mol. The number of carbonyl (C=O) groups is 1. The number of halogens is 2. The van der Waals surface area contributed by atoms with Crippen molar-refractivity contribution in [2.75, 3.05) is 4.72 Å². The minimum Gasteiger partial charge on any atom is -0.477 e. The number of aromatic carboxylic acids is 1. The van der Waals surface area contributed by atoms with E-state index in [-0.39, 0.29) is 26.6 Å². The molecule has 11 heteroatoms. The molecule has 2 rings (SSSR count). The summed E-state index contributed by atoms with van der Waals surface area (Å²) in [6.45, 7) is 0. The molecule has 2 heterocycles. The molecule has 0 fully saturated rings. The van der Waals surface area contributed by atoms with E-state index in [4.69, 9.17) is 28.3 Å². The number of aromatic nitrogens is 3. The van der Waals surface area contributed by atoms with E-state index in [0.717, 1.165) is 18.6 Å². The van der Waals surface area contributed by atoms with Gasteiger partial charge >= 0.3 is 5.97 Å². The fourth-order valence-corrected chi connectivity index (χ4v) is 3.18. The molecule has 0 atom stereocenters. The summed E-state index contributed by atoms with van der Waals surface area (Å²) in [5, 5.41) is 8.58. The van der Waals surface area contributed by atoms with Crippen LogP contribution in [0.15, 0.2) is 23.5 Å². The molecule has 0 amide bonds. The van der Waals surface area contributed by atoms with Crippen LogP contribution in [0.1, 0.15) is 10.5 Å². The van der Waals surface area contributed by atoms with Gasteiger partial charge < -0.3 is 9.67 Å². The van der Waals surface area contributed by atoms with E-state index >= 15 is 0 Å². The summed E-state index contributed by atoms with van der Waals surface area (Å²) in [6, 6.07) is 1.01. The van der Waals surface area contributed by atoms with Crippen molar-refractivity contribution in [3.05, 3.63) is 34.6 Å². The van der Waals surface area contributed by atoms with Gasteiger partial charge in [-0.05, 0) is 6.07 Å². The third-order valence-electron chi connectivity index (χ3n) is 2.50. The van der Waals surface area contributed by atoms with Gasteiger partial charge in [0.15, 0.2) is 10.3 Å².